The van der Waals surface area contributed by atoms with E-state index in [1.54, 1.807) is 26.5 Å². The third kappa shape index (κ3) is 2.62. The van der Waals surface area contributed by atoms with Crippen molar-refractivity contribution in [3.63, 3.8) is 0 Å². The van der Waals surface area contributed by atoms with Gasteiger partial charge in [0.1, 0.15) is 11.4 Å². The molecule has 1 saturated carbocycles. The normalized spacial score (nSPS) is 27.1. The zero-order chi connectivity index (χ0) is 20.6. The van der Waals surface area contributed by atoms with Crippen LogP contribution in [0.15, 0.2) is 30.9 Å². The number of alkyl halides is 2. The van der Waals surface area contributed by atoms with Crippen molar-refractivity contribution >= 4 is 17.2 Å². The van der Waals surface area contributed by atoms with E-state index >= 15 is 0 Å². The van der Waals surface area contributed by atoms with Crippen LogP contribution in [0.3, 0.4) is 0 Å². The second-order valence-corrected chi connectivity index (χ2v) is 8.57. The average Bonchev–Trinajstić information content (AvgIpc) is 3.10. The number of aromatic nitrogens is 5. The fourth-order valence-electron chi connectivity index (χ4n) is 4.93. The lowest BCUT2D eigenvalue weighted by Gasteiger charge is -2.42. The number of rotatable bonds is 3. The highest BCUT2D eigenvalue weighted by molar-refractivity contribution is 5.84. The maximum atomic E-state index is 13.5. The van der Waals surface area contributed by atoms with Crippen molar-refractivity contribution in [2.24, 2.45) is 13.0 Å². The molecule has 0 N–H and O–H groups in total. The minimum absolute atomic E-state index is 0.0560. The lowest BCUT2D eigenvalue weighted by atomic mass is 10.1. The van der Waals surface area contributed by atoms with E-state index in [2.05, 4.69) is 15.1 Å². The topological polar surface area (TPSA) is 71.6 Å². The van der Waals surface area contributed by atoms with Crippen molar-refractivity contribution in [3.05, 3.63) is 30.9 Å². The fourth-order valence-corrected chi connectivity index (χ4v) is 4.93. The number of hydrogen-bond donors (Lipinski definition) is 0. The smallest absolute Gasteiger partial charge is 0.260 e. The van der Waals surface area contributed by atoms with Gasteiger partial charge in [-0.05, 0) is 18.9 Å². The molecule has 3 aromatic heterocycles. The first-order chi connectivity index (χ1) is 14.4. The Morgan fingerprint density at radius 2 is 1.90 bits per heavy atom. The number of hydrogen-bond acceptors (Lipinski definition) is 5. The molecule has 0 radical (unpaired) electrons. The van der Waals surface area contributed by atoms with Gasteiger partial charge < -0.3 is 9.80 Å². The SMILES string of the molecule is Cn1cc(-c2cn3nccc3c(N3CC4CCC(C3)N4C(=O)[C@@H]3CC3(F)F)n2)cn1. The van der Waals surface area contributed by atoms with Crippen LogP contribution in [-0.2, 0) is 11.8 Å². The number of anilines is 1. The first kappa shape index (κ1) is 17.8. The van der Waals surface area contributed by atoms with Crippen molar-refractivity contribution in [2.75, 3.05) is 18.0 Å². The van der Waals surface area contributed by atoms with E-state index < -0.39 is 11.8 Å². The van der Waals surface area contributed by atoms with Crippen molar-refractivity contribution in [1.29, 1.82) is 0 Å². The van der Waals surface area contributed by atoms with Crippen LogP contribution in [0.4, 0.5) is 14.6 Å². The molecule has 1 aliphatic carbocycles. The summed E-state index contributed by atoms with van der Waals surface area (Å²) in [4.78, 5) is 21.5. The molecule has 8 nitrogen and oxygen atoms in total. The summed E-state index contributed by atoms with van der Waals surface area (Å²) < 4.78 is 30.5. The van der Waals surface area contributed by atoms with Gasteiger partial charge in [0.25, 0.3) is 5.92 Å². The van der Waals surface area contributed by atoms with Crippen LogP contribution in [0.25, 0.3) is 16.8 Å². The highest BCUT2D eigenvalue weighted by Crippen LogP contribution is 2.51. The van der Waals surface area contributed by atoms with Gasteiger partial charge in [-0.15, -0.1) is 0 Å². The standard InChI is InChI=1S/C20H21F2N7O/c1-26-8-12(7-24-26)16-11-28-17(4-5-23-28)18(25-16)27-9-13-2-3-14(10-27)29(13)19(30)15-6-20(15,21)22/h4-5,7-8,11,13-15H,2-3,6,9-10H2,1H3/t13?,14?,15-/m0/s1. The van der Waals surface area contributed by atoms with Crippen molar-refractivity contribution < 1.29 is 13.6 Å². The van der Waals surface area contributed by atoms with E-state index in [0.717, 1.165) is 35.4 Å². The van der Waals surface area contributed by atoms with Gasteiger partial charge in [0.15, 0.2) is 5.82 Å². The molecule has 3 aromatic rings. The molecule has 5 heterocycles. The number of aryl methyl sites for hydroxylation is 1. The first-order valence-corrected chi connectivity index (χ1v) is 10.2. The highest BCUT2D eigenvalue weighted by atomic mass is 19.3. The summed E-state index contributed by atoms with van der Waals surface area (Å²) in [7, 11) is 1.86. The molecule has 30 heavy (non-hydrogen) atoms. The third-order valence-electron chi connectivity index (χ3n) is 6.53. The van der Waals surface area contributed by atoms with Gasteiger partial charge in [0, 0.05) is 50.4 Å². The molecule has 3 atom stereocenters. The Balaban J connectivity index is 1.33. The molecule has 3 aliphatic rings. The van der Waals surface area contributed by atoms with E-state index in [1.807, 2.05) is 25.5 Å². The predicted octanol–water partition coefficient (Wildman–Crippen LogP) is 1.96. The minimum atomic E-state index is -2.82. The Labute approximate surface area is 171 Å². The molecular formula is C20H21F2N7O. The molecule has 10 heteroatoms. The summed E-state index contributed by atoms with van der Waals surface area (Å²) in [6.07, 6.45) is 8.63. The molecule has 3 fully saturated rings. The Morgan fingerprint density at radius 1 is 1.17 bits per heavy atom. The molecule has 156 valence electrons. The second kappa shape index (κ2) is 5.99. The average molecular weight is 413 g/mol. The molecule has 2 aliphatic heterocycles. The van der Waals surface area contributed by atoms with Crippen molar-refractivity contribution in [3.8, 4) is 11.3 Å². The Kier molecular flexibility index (Phi) is 3.55. The monoisotopic (exact) mass is 413 g/mol. The van der Waals surface area contributed by atoms with Crippen molar-refractivity contribution in [1.82, 2.24) is 29.3 Å². The summed E-state index contributed by atoms with van der Waals surface area (Å²) in [5, 5.41) is 8.61. The Morgan fingerprint density at radius 3 is 2.53 bits per heavy atom. The summed E-state index contributed by atoms with van der Waals surface area (Å²) >= 11 is 0. The Bertz CT molecular complexity index is 1140. The summed E-state index contributed by atoms with van der Waals surface area (Å²) in [5.41, 5.74) is 2.54. The number of halogens is 2. The number of nitrogens with zero attached hydrogens (tertiary/aromatic N) is 7. The van der Waals surface area contributed by atoms with E-state index in [1.165, 1.54) is 0 Å². The Hall–Kier alpha value is -3.04. The second-order valence-electron chi connectivity index (χ2n) is 8.57. The maximum Gasteiger partial charge on any atom is 0.260 e. The number of piperazine rings is 1. The van der Waals surface area contributed by atoms with E-state index in [0.29, 0.717) is 13.1 Å². The van der Waals surface area contributed by atoms with Gasteiger partial charge in [0.05, 0.1) is 24.3 Å². The maximum absolute atomic E-state index is 13.5. The predicted molar refractivity (Wildman–Crippen MR) is 104 cm³/mol. The van der Waals surface area contributed by atoms with Crippen LogP contribution in [0.2, 0.25) is 0 Å². The van der Waals surface area contributed by atoms with Gasteiger partial charge in [-0.25, -0.2) is 18.3 Å². The molecule has 2 bridgehead atoms. The summed E-state index contributed by atoms with van der Waals surface area (Å²) in [5.74, 6) is -3.52. The van der Waals surface area contributed by atoms with Gasteiger partial charge in [-0.2, -0.15) is 10.2 Å². The molecule has 1 amide bonds. The van der Waals surface area contributed by atoms with Crippen LogP contribution in [-0.4, -0.2) is 66.3 Å². The van der Waals surface area contributed by atoms with E-state index in [4.69, 9.17) is 4.98 Å². The quantitative estimate of drug-likeness (QED) is 0.657. The zero-order valence-corrected chi connectivity index (χ0v) is 16.4. The number of carbonyl (C=O) groups excluding carboxylic acids is 1. The number of carbonyl (C=O) groups is 1. The zero-order valence-electron chi connectivity index (χ0n) is 16.4. The fraction of sp³-hybridized carbons (Fsp3) is 0.500. The molecule has 2 unspecified atom stereocenters. The third-order valence-corrected chi connectivity index (χ3v) is 6.53. The summed E-state index contributed by atoms with van der Waals surface area (Å²) in [6.45, 7) is 1.18. The van der Waals surface area contributed by atoms with Crippen molar-refractivity contribution in [2.45, 2.75) is 37.3 Å². The van der Waals surface area contributed by atoms with Crippen LogP contribution in [0.5, 0.6) is 0 Å². The number of fused-ring (bicyclic) bond motifs is 3. The number of amides is 1. The van der Waals surface area contributed by atoms with Gasteiger partial charge in [0.2, 0.25) is 5.91 Å². The van der Waals surface area contributed by atoms with Crippen LogP contribution < -0.4 is 4.90 Å². The van der Waals surface area contributed by atoms with Crippen LogP contribution >= 0.6 is 0 Å². The lowest BCUT2D eigenvalue weighted by Crippen LogP contribution is -2.56. The van der Waals surface area contributed by atoms with Crippen LogP contribution in [0.1, 0.15) is 19.3 Å². The molecule has 0 aromatic carbocycles. The summed E-state index contributed by atoms with van der Waals surface area (Å²) in [6, 6.07) is 1.80. The molecule has 0 spiro atoms. The van der Waals surface area contributed by atoms with Gasteiger partial charge in [-0.3, -0.25) is 9.48 Å². The van der Waals surface area contributed by atoms with E-state index in [9.17, 15) is 13.6 Å². The van der Waals surface area contributed by atoms with Gasteiger partial charge >= 0.3 is 0 Å². The largest absolute Gasteiger partial charge is 0.351 e. The highest BCUT2D eigenvalue weighted by Gasteiger charge is 2.64. The molecule has 6 rings (SSSR count). The minimum Gasteiger partial charge on any atom is -0.351 e. The van der Waals surface area contributed by atoms with E-state index in [-0.39, 0.29) is 24.4 Å². The molecule has 2 saturated heterocycles. The van der Waals surface area contributed by atoms with Gasteiger partial charge in [-0.1, -0.05) is 0 Å². The lowest BCUT2D eigenvalue weighted by molar-refractivity contribution is -0.138. The molecular weight excluding hydrogens is 392 g/mol. The van der Waals surface area contributed by atoms with Crippen LogP contribution in [0, 0.1) is 5.92 Å². The first-order valence-electron chi connectivity index (χ1n) is 10.2.